The first kappa shape index (κ1) is 20.7. The Hall–Kier alpha value is -3.19. The molecule has 5 rings (SSSR count). The van der Waals surface area contributed by atoms with Crippen molar-refractivity contribution < 1.29 is 22.7 Å². The molecule has 0 aliphatic carbocycles. The van der Waals surface area contributed by atoms with Gasteiger partial charge in [-0.05, 0) is 60.9 Å². The minimum atomic E-state index is -0.939. The van der Waals surface area contributed by atoms with Gasteiger partial charge in [0.15, 0.2) is 11.4 Å². The summed E-state index contributed by atoms with van der Waals surface area (Å²) in [6.07, 6.45) is 8.14. The second-order valence-electron chi connectivity index (χ2n) is 8.38. The quantitative estimate of drug-likeness (QED) is 0.620. The van der Waals surface area contributed by atoms with Crippen LogP contribution in [-0.4, -0.2) is 30.5 Å². The first-order chi connectivity index (χ1) is 15.5. The number of amides is 1. The number of halogens is 2. The van der Waals surface area contributed by atoms with Crippen LogP contribution < -0.4 is 5.73 Å². The predicted octanol–water partition coefficient (Wildman–Crippen LogP) is 4.82. The van der Waals surface area contributed by atoms with Gasteiger partial charge in [0.2, 0.25) is 11.7 Å². The van der Waals surface area contributed by atoms with E-state index in [4.69, 9.17) is 14.9 Å². The molecule has 0 fully saturated rings. The van der Waals surface area contributed by atoms with Gasteiger partial charge in [0, 0.05) is 35.5 Å². The third kappa shape index (κ3) is 3.77. The summed E-state index contributed by atoms with van der Waals surface area (Å²) in [5.74, 6) is -2.16. The maximum absolute atomic E-state index is 14.0. The molecule has 2 aliphatic heterocycles. The van der Waals surface area contributed by atoms with Gasteiger partial charge in [0.25, 0.3) is 0 Å². The van der Waals surface area contributed by atoms with Crippen LogP contribution in [0.3, 0.4) is 0 Å². The Balaban J connectivity index is 1.25. The van der Waals surface area contributed by atoms with Crippen molar-refractivity contribution in [1.29, 1.82) is 0 Å². The normalized spacial score (nSPS) is 20.5. The summed E-state index contributed by atoms with van der Waals surface area (Å²) in [5.41, 5.74) is 9.04. The summed E-state index contributed by atoms with van der Waals surface area (Å²) in [4.78, 5) is 13.7. The Labute approximate surface area is 184 Å². The van der Waals surface area contributed by atoms with Crippen molar-refractivity contribution in [1.82, 2.24) is 4.90 Å². The Bertz CT molecular complexity index is 1200. The average molecular weight is 438 g/mol. The molecule has 0 bridgehead atoms. The van der Waals surface area contributed by atoms with Crippen molar-refractivity contribution in [2.45, 2.75) is 31.3 Å². The molecule has 3 heterocycles. The van der Waals surface area contributed by atoms with Crippen LogP contribution in [0, 0.1) is 11.6 Å². The Kier molecular flexibility index (Phi) is 5.43. The minimum absolute atomic E-state index is 0.0116. The van der Waals surface area contributed by atoms with Crippen LogP contribution in [0.25, 0.3) is 11.0 Å². The SMILES string of the molecule is NC(=O)c1ccc2c(c1)CCOC2CCN1C=CC(c2coc3c(F)c(F)ccc23)CC1. The lowest BCUT2D eigenvalue weighted by Crippen LogP contribution is -2.27. The van der Waals surface area contributed by atoms with Crippen molar-refractivity contribution >= 4 is 16.9 Å². The van der Waals surface area contributed by atoms with E-state index < -0.39 is 17.5 Å². The van der Waals surface area contributed by atoms with Gasteiger partial charge < -0.3 is 19.8 Å². The highest BCUT2D eigenvalue weighted by Crippen LogP contribution is 2.35. The summed E-state index contributed by atoms with van der Waals surface area (Å²) in [5, 5.41) is 0.620. The van der Waals surface area contributed by atoms with E-state index in [-0.39, 0.29) is 17.6 Å². The summed E-state index contributed by atoms with van der Waals surface area (Å²) in [6, 6.07) is 8.31. The molecule has 3 aromatic rings. The number of benzene rings is 2. The number of nitrogens with two attached hydrogens (primary N) is 1. The highest BCUT2D eigenvalue weighted by Gasteiger charge is 2.24. The maximum Gasteiger partial charge on any atom is 0.248 e. The molecular weight excluding hydrogens is 414 g/mol. The summed E-state index contributed by atoms with van der Waals surface area (Å²) in [7, 11) is 0. The van der Waals surface area contributed by atoms with E-state index in [1.165, 1.54) is 6.26 Å². The lowest BCUT2D eigenvalue weighted by molar-refractivity contribution is 0.0316. The molecule has 2 aromatic carbocycles. The number of nitrogens with zero attached hydrogens (tertiary/aromatic N) is 1. The first-order valence-electron chi connectivity index (χ1n) is 10.8. The van der Waals surface area contributed by atoms with Gasteiger partial charge in [-0.15, -0.1) is 0 Å². The molecule has 2 aliphatic rings. The van der Waals surface area contributed by atoms with E-state index in [0.717, 1.165) is 55.1 Å². The van der Waals surface area contributed by atoms with Gasteiger partial charge >= 0.3 is 0 Å². The van der Waals surface area contributed by atoms with E-state index in [2.05, 4.69) is 17.2 Å². The van der Waals surface area contributed by atoms with E-state index >= 15 is 0 Å². The number of fused-ring (bicyclic) bond motifs is 2. The Morgan fingerprint density at radius 1 is 1.19 bits per heavy atom. The number of carbonyl (C=O) groups excluding carboxylic acids is 1. The molecule has 2 N–H and O–H groups in total. The lowest BCUT2D eigenvalue weighted by Gasteiger charge is -2.31. The molecule has 0 saturated carbocycles. The van der Waals surface area contributed by atoms with Crippen LogP contribution >= 0.6 is 0 Å². The number of furan rings is 1. The highest BCUT2D eigenvalue weighted by atomic mass is 19.2. The molecule has 2 atom stereocenters. The van der Waals surface area contributed by atoms with Gasteiger partial charge in [-0.3, -0.25) is 4.79 Å². The van der Waals surface area contributed by atoms with Crippen LogP contribution in [0.4, 0.5) is 8.78 Å². The molecule has 1 aromatic heterocycles. The number of carbonyl (C=O) groups is 1. The number of ether oxygens (including phenoxy) is 1. The summed E-state index contributed by atoms with van der Waals surface area (Å²) >= 11 is 0. The number of hydrogen-bond acceptors (Lipinski definition) is 4. The van der Waals surface area contributed by atoms with Crippen LogP contribution in [0.5, 0.6) is 0 Å². The minimum Gasteiger partial charge on any atom is -0.461 e. The monoisotopic (exact) mass is 438 g/mol. The topological polar surface area (TPSA) is 68.7 Å². The second-order valence-corrected chi connectivity index (χ2v) is 8.38. The number of allylic oxidation sites excluding steroid dienone is 1. The molecular formula is C25H24F2N2O3. The fourth-order valence-corrected chi connectivity index (χ4v) is 4.71. The standard InChI is InChI=1S/C25H24F2N2O3/c26-21-4-3-19-20(14-32-24(19)23(21)27)15-5-9-29(10-6-15)11-7-22-18-2-1-17(25(28)30)13-16(18)8-12-31-22/h1-5,9,13-15,22H,6-8,10-12H2,(H2,28,30). The Morgan fingerprint density at radius 3 is 2.84 bits per heavy atom. The van der Waals surface area contributed by atoms with Crippen LogP contribution in [0.2, 0.25) is 0 Å². The van der Waals surface area contributed by atoms with E-state index in [9.17, 15) is 13.6 Å². The average Bonchev–Trinajstić information content (AvgIpc) is 3.25. The number of rotatable bonds is 5. The fraction of sp³-hybridized carbons (Fsp3) is 0.320. The van der Waals surface area contributed by atoms with Crippen molar-refractivity contribution in [3.8, 4) is 0 Å². The Morgan fingerprint density at radius 2 is 2.06 bits per heavy atom. The van der Waals surface area contributed by atoms with Crippen molar-refractivity contribution in [3.05, 3.63) is 82.8 Å². The van der Waals surface area contributed by atoms with Crippen molar-refractivity contribution in [2.24, 2.45) is 5.73 Å². The molecule has 0 saturated heterocycles. The highest BCUT2D eigenvalue weighted by molar-refractivity contribution is 5.93. The summed E-state index contributed by atoms with van der Waals surface area (Å²) < 4.78 is 38.7. The molecule has 5 nitrogen and oxygen atoms in total. The molecule has 0 spiro atoms. The largest absolute Gasteiger partial charge is 0.461 e. The van der Waals surface area contributed by atoms with Crippen molar-refractivity contribution in [2.75, 3.05) is 19.7 Å². The van der Waals surface area contributed by atoms with E-state index in [0.29, 0.717) is 17.6 Å². The zero-order valence-electron chi connectivity index (χ0n) is 17.5. The number of hydrogen-bond donors (Lipinski definition) is 1. The molecule has 32 heavy (non-hydrogen) atoms. The molecule has 2 unspecified atom stereocenters. The fourth-order valence-electron chi connectivity index (χ4n) is 4.71. The molecule has 7 heteroatoms. The molecule has 1 amide bonds. The lowest BCUT2D eigenvalue weighted by atomic mass is 9.92. The zero-order valence-corrected chi connectivity index (χ0v) is 17.5. The van der Waals surface area contributed by atoms with E-state index in [1.807, 2.05) is 12.1 Å². The van der Waals surface area contributed by atoms with E-state index in [1.54, 1.807) is 12.1 Å². The van der Waals surface area contributed by atoms with Gasteiger partial charge in [0.1, 0.15) is 0 Å². The maximum atomic E-state index is 14.0. The van der Waals surface area contributed by atoms with Gasteiger partial charge in [-0.25, -0.2) is 4.39 Å². The van der Waals surface area contributed by atoms with Crippen LogP contribution in [0.15, 0.2) is 53.3 Å². The van der Waals surface area contributed by atoms with Crippen molar-refractivity contribution in [3.63, 3.8) is 0 Å². The van der Waals surface area contributed by atoms with Gasteiger partial charge in [-0.1, -0.05) is 12.1 Å². The van der Waals surface area contributed by atoms with Crippen LogP contribution in [0.1, 0.15) is 51.9 Å². The predicted molar refractivity (Wildman–Crippen MR) is 116 cm³/mol. The summed E-state index contributed by atoms with van der Waals surface area (Å²) in [6.45, 7) is 2.30. The zero-order chi connectivity index (χ0) is 22.2. The third-order valence-corrected chi connectivity index (χ3v) is 6.46. The van der Waals surface area contributed by atoms with Gasteiger partial charge in [0.05, 0.1) is 19.0 Å². The second kappa shape index (κ2) is 8.39. The first-order valence-corrected chi connectivity index (χ1v) is 10.8. The number of primary amides is 1. The third-order valence-electron chi connectivity index (χ3n) is 6.46. The molecule has 0 radical (unpaired) electrons. The molecule has 166 valence electrons. The smallest absolute Gasteiger partial charge is 0.248 e. The van der Waals surface area contributed by atoms with Crippen LogP contribution in [-0.2, 0) is 11.2 Å². The van der Waals surface area contributed by atoms with Gasteiger partial charge in [-0.2, -0.15) is 4.39 Å².